The standard InChI is InChI=1S/C16H30O7S/c1-10(2)7-12(5)22-15(17)9-14(24(19,20)21)16(18)23-13(6)8-11(3)4/h10-14H,7-9H2,1-6H3,(H,19,20,21). The van der Waals surface area contributed by atoms with E-state index >= 15 is 0 Å². The van der Waals surface area contributed by atoms with E-state index in [1.807, 2.05) is 27.7 Å². The predicted molar refractivity (Wildman–Crippen MR) is 90.0 cm³/mol. The summed E-state index contributed by atoms with van der Waals surface area (Å²) in [6.07, 6.45) is -0.542. The molecule has 0 fully saturated rings. The van der Waals surface area contributed by atoms with Crippen molar-refractivity contribution in [3.63, 3.8) is 0 Å². The first-order valence-electron chi connectivity index (χ1n) is 8.19. The summed E-state index contributed by atoms with van der Waals surface area (Å²) in [6.45, 7) is 11.1. The Kier molecular flexibility index (Phi) is 9.50. The molecule has 0 amide bonds. The van der Waals surface area contributed by atoms with Gasteiger partial charge in [0.15, 0.2) is 5.25 Å². The van der Waals surface area contributed by atoms with Crippen LogP contribution in [0.1, 0.15) is 60.8 Å². The first-order valence-corrected chi connectivity index (χ1v) is 9.69. The van der Waals surface area contributed by atoms with Gasteiger partial charge in [-0.2, -0.15) is 8.42 Å². The molecule has 0 heterocycles. The Morgan fingerprint density at radius 3 is 1.67 bits per heavy atom. The summed E-state index contributed by atoms with van der Waals surface area (Å²) < 4.78 is 42.2. The molecule has 0 aliphatic heterocycles. The third-order valence-corrected chi connectivity index (χ3v) is 4.31. The highest BCUT2D eigenvalue weighted by Gasteiger charge is 2.36. The van der Waals surface area contributed by atoms with Crippen molar-refractivity contribution in [2.24, 2.45) is 11.8 Å². The van der Waals surface area contributed by atoms with Crippen LogP contribution in [0.15, 0.2) is 0 Å². The smallest absolute Gasteiger partial charge is 0.327 e. The first kappa shape index (κ1) is 22.9. The van der Waals surface area contributed by atoms with Crippen LogP contribution in [0.2, 0.25) is 0 Å². The minimum atomic E-state index is -4.77. The van der Waals surface area contributed by atoms with E-state index in [4.69, 9.17) is 9.47 Å². The predicted octanol–water partition coefficient (Wildman–Crippen LogP) is 2.59. The fourth-order valence-corrected chi connectivity index (χ4v) is 3.08. The lowest BCUT2D eigenvalue weighted by Crippen LogP contribution is -2.36. The lowest BCUT2D eigenvalue weighted by atomic mass is 10.1. The first-order chi connectivity index (χ1) is 10.8. The highest BCUT2D eigenvalue weighted by atomic mass is 32.2. The molecule has 3 atom stereocenters. The van der Waals surface area contributed by atoms with E-state index in [0.29, 0.717) is 18.8 Å². The molecule has 0 radical (unpaired) electrons. The molecule has 0 saturated heterocycles. The van der Waals surface area contributed by atoms with Gasteiger partial charge in [0, 0.05) is 0 Å². The lowest BCUT2D eigenvalue weighted by molar-refractivity contribution is -0.155. The number of ether oxygens (including phenoxy) is 2. The van der Waals surface area contributed by atoms with E-state index in [0.717, 1.165) is 0 Å². The fourth-order valence-electron chi connectivity index (χ4n) is 2.43. The van der Waals surface area contributed by atoms with E-state index in [9.17, 15) is 22.6 Å². The molecule has 0 aromatic rings. The highest BCUT2D eigenvalue weighted by molar-refractivity contribution is 7.87. The van der Waals surface area contributed by atoms with Gasteiger partial charge in [-0.15, -0.1) is 0 Å². The monoisotopic (exact) mass is 366 g/mol. The zero-order valence-electron chi connectivity index (χ0n) is 15.3. The molecular formula is C16H30O7S. The third-order valence-electron chi connectivity index (χ3n) is 3.23. The average molecular weight is 366 g/mol. The molecule has 8 heteroatoms. The molecule has 0 aliphatic carbocycles. The van der Waals surface area contributed by atoms with Gasteiger partial charge in [-0.3, -0.25) is 14.1 Å². The Hall–Kier alpha value is -1.15. The van der Waals surface area contributed by atoms with Crippen LogP contribution in [0.3, 0.4) is 0 Å². The van der Waals surface area contributed by atoms with Gasteiger partial charge in [-0.05, 0) is 38.5 Å². The van der Waals surface area contributed by atoms with Gasteiger partial charge >= 0.3 is 11.9 Å². The molecule has 0 spiro atoms. The van der Waals surface area contributed by atoms with Gasteiger partial charge in [0.1, 0.15) is 0 Å². The van der Waals surface area contributed by atoms with E-state index in [2.05, 4.69) is 0 Å². The number of carbonyl (C=O) groups is 2. The molecule has 1 N–H and O–H groups in total. The molecule has 0 aromatic heterocycles. The van der Waals surface area contributed by atoms with Crippen LogP contribution in [-0.2, 0) is 29.2 Å². The third kappa shape index (κ3) is 9.87. The highest BCUT2D eigenvalue weighted by Crippen LogP contribution is 2.15. The van der Waals surface area contributed by atoms with Crippen molar-refractivity contribution in [2.45, 2.75) is 78.3 Å². The Labute approximate surface area is 144 Å². The van der Waals surface area contributed by atoms with Crippen molar-refractivity contribution in [3.8, 4) is 0 Å². The summed E-state index contributed by atoms with van der Waals surface area (Å²) in [4.78, 5) is 23.9. The summed E-state index contributed by atoms with van der Waals surface area (Å²) in [6, 6.07) is 0. The topological polar surface area (TPSA) is 107 Å². The van der Waals surface area contributed by atoms with Crippen molar-refractivity contribution in [2.75, 3.05) is 0 Å². The molecule has 0 aliphatic rings. The quantitative estimate of drug-likeness (QED) is 0.468. The SMILES string of the molecule is CC(C)CC(C)OC(=O)CC(C(=O)OC(C)CC(C)C)S(=O)(=O)O. The molecule has 0 rings (SSSR count). The zero-order chi connectivity index (χ0) is 19.1. The molecule has 7 nitrogen and oxygen atoms in total. The second-order valence-electron chi connectivity index (χ2n) is 7.01. The molecule has 24 heavy (non-hydrogen) atoms. The Morgan fingerprint density at radius 2 is 1.29 bits per heavy atom. The van der Waals surface area contributed by atoms with Crippen LogP contribution in [0.4, 0.5) is 0 Å². The molecule has 0 aromatic carbocycles. The lowest BCUT2D eigenvalue weighted by Gasteiger charge is -2.20. The summed E-state index contributed by atoms with van der Waals surface area (Å²) >= 11 is 0. The maximum Gasteiger partial charge on any atom is 0.327 e. The largest absolute Gasteiger partial charge is 0.463 e. The van der Waals surface area contributed by atoms with Gasteiger partial charge < -0.3 is 9.47 Å². The Bertz CT molecular complexity index is 511. The van der Waals surface area contributed by atoms with Crippen molar-refractivity contribution < 1.29 is 32.0 Å². The molecule has 0 bridgehead atoms. The van der Waals surface area contributed by atoms with Crippen LogP contribution in [0.25, 0.3) is 0 Å². The maximum atomic E-state index is 12.0. The molecule has 3 unspecified atom stereocenters. The van der Waals surface area contributed by atoms with Gasteiger partial charge in [0.2, 0.25) is 0 Å². The summed E-state index contributed by atoms with van der Waals surface area (Å²) in [5.41, 5.74) is 0. The summed E-state index contributed by atoms with van der Waals surface area (Å²) in [5, 5.41) is -1.97. The van der Waals surface area contributed by atoms with Gasteiger partial charge in [0.25, 0.3) is 10.1 Å². The van der Waals surface area contributed by atoms with Gasteiger partial charge in [0.05, 0.1) is 18.6 Å². The van der Waals surface area contributed by atoms with Crippen LogP contribution < -0.4 is 0 Å². The summed E-state index contributed by atoms with van der Waals surface area (Å²) in [7, 11) is -4.77. The van der Waals surface area contributed by atoms with Crippen LogP contribution in [0.5, 0.6) is 0 Å². The Balaban J connectivity index is 4.85. The minimum Gasteiger partial charge on any atom is -0.463 e. The minimum absolute atomic E-state index is 0.249. The summed E-state index contributed by atoms with van der Waals surface area (Å²) in [5.74, 6) is -1.45. The van der Waals surface area contributed by atoms with Crippen molar-refractivity contribution in [1.82, 2.24) is 0 Å². The van der Waals surface area contributed by atoms with Crippen LogP contribution >= 0.6 is 0 Å². The van der Waals surface area contributed by atoms with E-state index in [1.165, 1.54) is 0 Å². The second-order valence-corrected chi connectivity index (χ2v) is 8.61. The van der Waals surface area contributed by atoms with Crippen molar-refractivity contribution >= 4 is 22.1 Å². The number of rotatable bonds is 10. The maximum absolute atomic E-state index is 12.0. The number of hydrogen-bond acceptors (Lipinski definition) is 6. The van der Waals surface area contributed by atoms with Crippen molar-refractivity contribution in [3.05, 3.63) is 0 Å². The Morgan fingerprint density at radius 1 is 0.875 bits per heavy atom. The molecule has 0 saturated carbocycles. The van der Waals surface area contributed by atoms with E-state index in [-0.39, 0.29) is 5.92 Å². The molecule has 142 valence electrons. The normalized spacial score (nSPS) is 15.9. The van der Waals surface area contributed by atoms with Crippen molar-refractivity contribution in [1.29, 1.82) is 0 Å². The number of hydrogen-bond donors (Lipinski definition) is 1. The van der Waals surface area contributed by atoms with E-state index in [1.54, 1.807) is 13.8 Å². The molecular weight excluding hydrogens is 336 g/mol. The van der Waals surface area contributed by atoms with Crippen LogP contribution in [0, 0.1) is 11.8 Å². The van der Waals surface area contributed by atoms with Gasteiger partial charge in [-0.1, -0.05) is 27.7 Å². The van der Waals surface area contributed by atoms with Gasteiger partial charge in [-0.25, -0.2) is 0 Å². The number of esters is 2. The average Bonchev–Trinajstić information content (AvgIpc) is 2.31. The fraction of sp³-hybridized carbons (Fsp3) is 0.875. The zero-order valence-corrected chi connectivity index (χ0v) is 16.1. The number of carbonyl (C=O) groups excluding carboxylic acids is 2. The van der Waals surface area contributed by atoms with Crippen LogP contribution in [-0.4, -0.2) is 42.4 Å². The second kappa shape index (κ2) is 9.98. The van der Waals surface area contributed by atoms with E-state index < -0.39 is 45.9 Å².